The van der Waals surface area contributed by atoms with Crippen LogP contribution in [0.5, 0.6) is 11.5 Å². The smallest absolute Gasteiger partial charge is 0.310 e. The lowest BCUT2D eigenvalue weighted by Crippen LogP contribution is -2.16. The van der Waals surface area contributed by atoms with Gasteiger partial charge in [0.1, 0.15) is 17.6 Å². The van der Waals surface area contributed by atoms with Gasteiger partial charge < -0.3 is 19.7 Å². The summed E-state index contributed by atoms with van der Waals surface area (Å²) in [4.78, 5) is 24.3. The van der Waals surface area contributed by atoms with Crippen molar-refractivity contribution in [3.63, 3.8) is 0 Å². The molecule has 0 saturated carbocycles. The van der Waals surface area contributed by atoms with Crippen molar-refractivity contribution in [3.8, 4) is 11.5 Å². The second kappa shape index (κ2) is 7.97. The molecule has 24 heavy (non-hydrogen) atoms. The van der Waals surface area contributed by atoms with Crippen LogP contribution in [0, 0.1) is 0 Å². The number of ether oxygens (including phenoxy) is 2. The molecular weight excluding hydrogens is 312 g/mol. The number of rotatable bonds is 8. The highest BCUT2D eigenvalue weighted by Crippen LogP contribution is 2.34. The molecule has 6 nitrogen and oxygen atoms in total. The average molecular weight is 334 g/mol. The fourth-order valence-corrected chi connectivity index (χ4v) is 2.48. The van der Waals surface area contributed by atoms with E-state index in [0.29, 0.717) is 0 Å². The Morgan fingerprint density at radius 2 is 2.04 bits per heavy atom. The molecular formula is C18H22O6. The molecule has 0 unspecified atom stereocenters. The van der Waals surface area contributed by atoms with E-state index in [-0.39, 0.29) is 41.8 Å². The van der Waals surface area contributed by atoms with Crippen molar-refractivity contribution in [1.29, 1.82) is 0 Å². The van der Waals surface area contributed by atoms with Crippen LogP contribution in [0.4, 0.5) is 0 Å². The summed E-state index contributed by atoms with van der Waals surface area (Å²) in [5, 5.41) is 19.7. The van der Waals surface area contributed by atoms with Crippen LogP contribution < -0.4 is 0 Å². The highest BCUT2D eigenvalue weighted by molar-refractivity contribution is 6.05. The topological polar surface area (TPSA) is 96.4 Å². The Kier molecular flexibility index (Phi) is 5.98. The lowest BCUT2D eigenvalue weighted by atomic mass is 9.96. The van der Waals surface area contributed by atoms with Crippen molar-refractivity contribution < 1.29 is 29.3 Å². The fourth-order valence-electron chi connectivity index (χ4n) is 2.48. The summed E-state index contributed by atoms with van der Waals surface area (Å²) in [6.07, 6.45) is 4.49. The number of allylic oxidation sites excluding steroid dienone is 1. The van der Waals surface area contributed by atoms with Gasteiger partial charge in [-0.1, -0.05) is 25.5 Å². The van der Waals surface area contributed by atoms with Crippen LogP contribution in [-0.4, -0.2) is 40.8 Å². The number of benzene rings is 1. The minimum absolute atomic E-state index is 0.00255. The molecule has 0 aliphatic carbocycles. The number of phenolic OH excluding ortho intramolecular Hbond substituents is 2. The Bertz CT molecular complexity index is 649. The predicted molar refractivity (Wildman–Crippen MR) is 87.1 cm³/mol. The van der Waals surface area contributed by atoms with Crippen molar-refractivity contribution in [2.45, 2.75) is 45.3 Å². The third kappa shape index (κ3) is 4.35. The average Bonchev–Trinajstić information content (AvgIpc) is 3.26. The molecule has 1 aromatic carbocycles. The Balaban J connectivity index is 2.19. The zero-order valence-corrected chi connectivity index (χ0v) is 13.8. The van der Waals surface area contributed by atoms with Crippen LogP contribution in [0.3, 0.4) is 0 Å². The second-order valence-corrected chi connectivity index (χ2v) is 5.58. The van der Waals surface area contributed by atoms with E-state index in [1.165, 1.54) is 6.07 Å². The molecule has 6 heteroatoms. The molecule has 1 aliphatic heterocycles. The number of epoxide rings is 1. The molecule has 0 spiro atoms. The summed E-state index contributed by atoms with van der Waals surface area (Å²) >= 11 is 0. The first-order chi connectivity index (χ1) is 11.5. The number of phenols is 2. The van der Waals surface area contributed by atoms with Gasteiger partial charge in [-0.05, 0) is 25.0 Å². The first kappa shape index (κ1) is 18.0. The molecule has 1 heterocycles. The number of carbonyl (C=O) groups is 2. The summed E-state index contributed by atoms with van der Waals surface area (Å²) < 4.78 is 10.2. The highest BCUT2D eigenvalue weighted by Gasteiger charge is 2.44. The van der Waals surface area contributed by atoms with Crippen molar-refractivity contribution in [3.05, 3.63) is 35.4 Å². The standard InChI is InChI=1S/C18H22O6/c1-3-5-6-7-14-18(24-14)17(22)16-11(9-15(21)23-4-2)8-12(19)10-13(16)20/h6-8,10,14,18-20H,3-5,9H2,1-2H3/b7-6+/t14-,18+/m1/s1. The minimum Gasteiger partial charge on any atom is -0.508 e. The fraction of sp³-hybridized carbons (Fsp3) is 0.444. The van der Waals surface area contributed by atoms with E-state index in [9.17, 15) is 19.8 Å². The third-order valence-electron chi connectivity index (χ3n) is 3.64. The maximum absolute atomic E-state index is 12.6. The summed E-state index contributed by atoms with van der Waals surface area (Å²) in [7, 11) is 0. The number of aromatic hydroxyl groups is 2. The van der Waals surface area contributed by atoms with Gasteiger partial charge in [0.2, 0.25) is 0 Å². The van der Waals surface area contributed by atoms with E-state index in [1.54, 1.807) is 6.92 Å². The highest BCUT2D eigenvalue weighted by atomic mass is 16.6. The van der Waals surface area contributed by atoms with Gasteiger partial charge in [0, 0.05) is 6.07 Å². The van der Waals surface area contributed by atoms with Gasteiger partial charge in [-0.25, -0.2) is 0 Å². The van der Waals surface area contributed by atoms with Crippen LogP contribution in [0.1, 0.15) is 42.6 Å². The molecule has 0 bridgehead atoms. The number of hydrogen-bond acceptors (Lipinski definition) is 6. The van der Waals surface area contributed by atoms with Crippen molar-refractivity contribution >= 4 is 11.8 Å². The van der Waals surface area contributed by atoms with Crippen LogP contribution in [-0.2, 0) is 20.7 Å². The van der Waals surface area contributed by atoms with Gasteiger partial charge in [0.25, 0.3) is 0 Å². The lowest BCUT2D eigenvalue weighted by Gasteiger charge is -2.10. The molecule has 1 aromatic rings. The molecule has 130 valence electrons. The van der Waals surface area contributed by atoms with E-state index in [4.69, 9.17) is 9.47 Å². The van der Waals surface area contributed by atoms with E-state index >= 15 is 0 Å². The van der Waals surface area contributed by atoms with Gasteiger partial charge in [0.15, 0.2) is 11.9 Å². The Morgan fingerprint density at radius 1 is 1.29 bits per heavy atom. The molecule has 1 saturated heterocycles. The van der Waals surface area contributed by atoms with E-state index in [0.717, 1.165) is 18.9 Å². The molecule has 2 N–H and O–H groups in total. The normalized spacial score (nSPS) is 19.4. The molecule has 1 aliphatic rings. The maximum Gasteiger partial charge on any atom is 0.310 e. The number of unbranched alkanes of at least 4 members (excludes halogenated alkanes) is 1. The van der Waals surface area contributed by atoms with Gasteiger partial charge in [-0.15, -0.1) is 0 Å². The minimum atomic E-state index is -0.672. The lowest BCUT2D eigenvalue weighted by molar-refractivity contribution is -0.142. The molecule has 0 radical (unpaired) electrons. The number of Topliss-reactive ketones (excluding diaryl/α,β-unsaturated/α-hetero) is 1. The molecule has 1 fully saturated rings. The van der Waals surface area contributed by atoms with Gasteiger partial charge in [0.05, 0.1) is 18.6 Å². The SMILES string of the molecule is CCC/C=C/[C@H]1O[C@@H]1C(=O)c1c(O)cc(O)cc1CC(=O)OCC. The largest absolute Gasteiger partial charge is 0.508 e. The summed E-state index contributed by atoms with van der Waals surface area (Å²) in [5.41, 5.74) is 0.222. The first-order valence-corrected chi connectivity index (χ1v) is 8.04. The van der Waals surface area contributed by atoms with Gasteiger partial charge >= 0.3 is 5.97 Å². The van der Waals surface area contributed by atoms with Gasteiger partial charge in [-0.2, -0.15) is 0 Å². The van der Waals surface area contributed by atoms with E-state index in [2.05, 4.69) is 6.92 Å². The second-order valence-electron chi connectivity index (χ2n) is 5.58. The molecule has 2 atom stereocenters. The predicted octanol–water partition coefficient (Wildman–Crippen LogP) is 2.51. The van der Waals surface area contributed by atoms with Crippen LogP contribution in [0.25, 0.3) is 0 Å². The molecule has 2 rings (SSSR count). The Morgan fingerprint density at radius 3 is 2.71 bits per heavy atom. The molecule has 0 aromatic heterocycles. The van der Waals surface area contributed by atoms with Crippen LogP contribution >= 0.6 is 0 Å². The van der Waals surface area contributed by atoms with E-state index < -0.39 is 17.9 Å². The van der Waals surface area contributed by atoms with Crippen LogP contribution in [0.2, 0.25) is 0 Å². The van der Waals surface area contributed by atoms with Crippen molar-refractivity contribution in [2.24, 2.45) is 0 Å². The zero-order chi connectivity index (χ0) is 17.7. The zero-order valence-electron chi connectivity index (χ0n) is 13.8. The summed E-state index contributed by atoms with van der Waals surface area (Å²) in [5.74, 6) is -1.53. The van der Waals surface area contributed by atoms with Gasteiger partial charge in [-0.3, -0.25) is 9.59 Å². The van der Waals surface area contributed by atoms with Crippen molar-refractivity contribution in [2.75, 3.05) is 6.61 Å². The van der Waals surface area contributed by atoms with Crippen LogP contribution in [0.15, 0.2) is 24.3 Å². The van der Waals surface area contributed by atoms with E-state index in [1.807, 2.05) is 12.2 Å². The summed E-state index contributed by atoms with van der Waals surface area (Å²) in [6, 6.07) is 2.36. The van der Waals surface area contributed by atoms with Crippen molar-refractivity contribution in [1.82, 2.24) is 0 Å². The molecule has 0 amide bonds. The number of hydrogen-bond donors (Lipinski definition) is 2. The summed E-state index contributed by atoms with van der Waals surface area (Å²) in [6.45, 7) is 3.94. The maximum atomic E-state index is 12.6. The number of esters is 1. The first-order valence-electron chi connectivity index (χ1n) is 8.04. The Labute approximate surface area is 140 Å². The third-order valence-corrected chi connectivity index (χ3v) is 3.64. The number of ketones is 1. The quantitative estimate of drug-likeness (QED) is 0.328. The monoisotopic (exact) mass is 334 g/mol. The Hall–Kier alpha value is -2.34. The number of carbonyl (C=O) groups excluding carboxylic acids is 2.